The summed E-state index contributed by atoms with van der Waals surface area (Å²) in [6, 6.07) is 5.03. The van der Waals surface area contributed by atoms with Crippen LogP contribution in [0, 0.1) is 5.41 Å². The Labute approximate surface area is 116 Å². The molecule has 0 aliphatic heterocycles. The highest BCUT2D eigenvalue weighted by molar-refractivity contribution is 9.10. The van der Waals surface area contributed by atoms with Crippen LogP contribution in [0.3, 0.4) is 0 Å². The molecule has 0 aliphatic rings. The maximum atomic E-state index is 12.0. The summed E-state index contributed by atoms with van der Waals surface area (Å²) in [7, 11) is 0. The van der Waals surface area contributed by atoms with Crippen LogP contribution in [-0.2, 0) is 11.2 Å². The van der Waals surface area contributed by atoms with Crippen LogP contribution in [-0.4, -0.2) is 11.8 Å². The third kappa shape index (κ3) is 4.09. The molecule has 1 rings (SSSR count). The van der Waals surface area contributed by atoms with Gasteiger partial charge in [-0.2, -0.15) is 0 Å². The van der Waals surface area contributed by atoms with Crippen molar-refractivity contribution >= 4 is 33.3 Å². The van der Waals surface area contributed by atoms with Gasteiger partial charge in [0, 0.05) is 15.9 Å². The Bertz CT molecular complexity index is 426. The van der Waals surface area contributed by atoms with Gasteiger partial charge >= 0.3 is 0 Å². The molecule has 0 bridgehead atoms. The lowest BCUT2D eigenvalue weighted by Gasteiger charge is -2.25. The molecule has 94 valence electrons. The van der Waals surface area contributed by atoms with Crippen LogP contribution in [0.4, 0.5) is 0 Å². The Hall–Kier alpha value is -0.380. The topological polar surface area (TPSA) is 43.1 Å². The second kappa shape index (κ2) is 5.51. The fourth-order valence-corrected chi connectivity index (χ4v) is 2.19. The monoisotopic (exact) mass is 317 g/mol. The van der Waals surface area contributed by atoms with E-state index in [1.165, 1.54) is 0 Å². The zero-order chi connectivity index (χ0) is 13.2. The van der Waals surface area contributed by atoms with E-state index in [9.17, 15) is 4.79 Å². The fourth-order valence-electron chi connectivity index (χ4n) is 1.45. The highest BCUT2D eigenvalue weighted by Gasteiger charge is 2.27. The summed E-state index contributed by atoms with van der Waals surface area (Å²) in [5.74, 6) is 0.0155. The van der Waals surface area contributed by atoms with E-state index in [1.807, 2.05) is 32.9 Å². The second-order valence-corrected chi connectivity index (χ2v) is 6.55. The smallest absolute Gasteiger partial charge is 0.154 e. The van der Waals surface area contributed by atoms with Gasteiger partial charge in [0.1, 0.15) is 0 Å². The summed E-state index contributed by atoms with van der Waals surface area (Å²) in [5.41, 5.74) is 6.52. The first-order valence-corrected chi connectivity index (χ1v) is 6.61. The molecule has 0 saturated heterocycles. The van der Waals surface area contributed by atoms with Crippen molar-refractivity contribution in [3.8, 4) is 0 Å². The van der Waals surface area contributed by atoms with Gasteiger partial charge in [0.15, 0.2) is 5.78 Å². The predicted octanol–water partition coefficient (Wildman–Crippen LogP) is 3.59. The van der Waals surface area contributed by atoms with Crippen molar-refractivity contribution in [3.63, 3.8) is 0 Å². The van der Waals surface area contributed by atoms with Gasteiger partial charge in [0.05, 0.1) is 6.04 Å². The van der Waals surface area contributed by atoms with Crippen LogP contribution in [0.5, 0.6) is 0 Å². The Morgan fingerprint density at radius 1 is 1.47 bits per heavy atom. The Balaban J connectivity index is 2.82. The summed E-state index contributed by atoms with van der Waals surface area (Å²) >= 11 is 9.40. The lowest BCUT2D eigenvalue weighted by Crippen LogP contribution is -2.43. The van der Waals surface area contributed by atoms with Gasteiger partial charge in [-0.3, -0.25) is 4.79 Å². The Morgan fingerprint density at radius 3 is 2.53 bits per heavy atom. The van der Waals surface area contributed by atoms with E-state index in [4.69, 9.17) is 17.3 Å². The lowest BCUT2D eigenvalue weighted by atomic mass is 9.83. The van der Waals surface area contributed by atoms with Crippen LogP contribution in [0.25, 0.3) is 0 Å². The van der Waals surface area contributed by atoms with Gasteiger partial charge in [-0.25, -0.2) is 0 Å². The molecule has 0 radical (unpaired) electrons. The van der Waals surface area contributed by atoms with Crippen molar-refractivity contribution < 1.29 is 4.79 Å². The van der Waals surface area contributed by atoms with E-state index in [0.29, 0.717) is 5.02 Å². The molecule has 2 N–H and O–H groups in total. The zero-order valence-electron chi connectivity index (χ0n) is 10.3. The van der Waals surface area contributed by atoms with Gasteiger partial charge in [-0.15, -0.1) is 0 Å². The van der Waals surface area contributed by atoms with Crippen molar-refractivity contribution in [2.24, 2.45) is 11.1 Å². The minimum Gasteiger partial charge on any atom is -0.321 e. The number of Topliss-reactive ketones (excluding diaryl/α,β-unsaturated/α-hetero) is 1. The number of carbonyl (C=O) groups is 1. The summed E-state index contributed by atoms with van der Waals surface area (Å²) in [6.45, 7) is 5.87. The molecule has 4 heteroatoms. The van der Waals surface area contributed by atoms with Crippen molar-refractivity contribution in [1.29, 1.82) is 0 Å². The van der Waals surface area contributed by atoms with Crippen molar-refractivity contribution in [1.82, 2.24) is 0 Å². The molecule has 0 aliphatic carbocycles. The highest BCUT2D eigenvalue weighted by Crippen LogP contribution is 2.24. The number of halogens is 2. The SMILES string of the molecule is CC(C)(C)C(N)C(=O)Cc1ccc(Br)cc1Cl. The molecular weight excluding hydrogens is 302 g/mol. The van der Waals surface area contributed by atoms with Gasteiger partial charge in [0.2, 0.25) is 0 Å². The number of hydrogen-bond acceptors (Lipinski definition) is 2. The quantitative estimate of drug-likeness (QED) is 0.925. The third-order valence-corrected chi connectivity index (χ3v) is 3.50. The zero-order valence-corrected chi connectivity index (χ0v) is 12.6. The maximum absolute atomic E-state index is 12.0. The normalized spacial score (nSPS) is 13.5. The number of hydrogen-bond donors (Lipinski definition) is 1. The molecule has 0 spiro atoms. The molecule has 0 saturated carbocycles. The number of rotatable bonds is 3. The standard InChI is InChI=1S/C13H17BrClNO/c1-13(2,3)12(16)11(17)6-8-4-5-9(14)7-10(8)15/h4-5,7,12H,6,16H2,1-3H3. The summed E-state index contributed by atoms with van der Waals surface area (Å²) in [5, 5.41) is 0.592. The molecule has 0 aromatic heterocycles. The highest BCUT2D eigenvalue weighted by atomic mass is 79.9. The minimum absolute atomic E-state index is 0.0155. The molecule has 2 nitrogen and oxygen atoms in total. The average molecular weight is 319 g/mol. The molecule has 1 aromatic carbocycles. The minimum atomic E-state index is -0.470. The van der Waals surface area contributed by atoms with E-state index in [1.54, 1.807) is 6.07 Å². The average Bonchev–Trinajstić information content (AvgIpc) is 2.19. The van der Waals surface area contributed by atoms with E-state index < -0.39 is 6.04 Å². The molecule has 1 atom stereocenters. The van der Waals surface area contributed by atoms with Gasteiger partial charge in [-0.05, 0) is 23.1 Å². The first-order valence-electron chi connectivity index (χ1n) is 5.44. The molecule has 0 amide bonds. The van der Waals surface area contributed by atoms with Crippen molar-refractivity contribution in [2.45, 2.75) is 33.2 Å². The Morgan fingerprint density at radius 2 is 2.06 bits per heavy atom. The van der Waals surface area contributed by atoms with Crippen LogP contribution >= 0.6 is 27.5 Å². The first kappa shape index (κ1) is 14.7. The maximum Gasteiger partial charge on any atom is 0.154 e. The molecule has 17 heavy (non-hydrogen) atoms. The number of nitrogens with two attached hydrogens (primary N) is 1. The number of ketones is 1. The molecule has 0 fully saturated rings. The molecule has 1 unspecified atom stereocenters. The van der Waals surface area contributed by atoms with Gasteiger partial charge in [0.25, 0.3) is 0 Å². The van der Waals surface area contributed by atoms with E-state index in [-0.39, 0.29) is 17.6 Å². The number of carbonyl (C=O) groups excluding carboxylic acids is 1. The fraction of sp³-hybridized carbons (Fsp3) is 0.462. The van der Waals surface area contributed by atoms with E-state index >= 15 is 0 Å². The van der Waals surface area contributed by atoms with Gasteiger partial charge < -0.3 is 5.73 Å². The first-order chi connectivity index (χ1) is 7.71. The number of benzene rings is 1. The van der Waals surface area contributed by atoms with Crippen LogP contribution in [0.15, 0.2) is 22.7 Å². The van der Waals surface area contributed by atoms with Crippen LogP contribution in [0.2, 0.25) is 5.02 Å². The third-order valence-electron chi connectivity index (χ3n) is 2.66. The molecule has 0 heterocycles. The largest absolute Gasteiger partial charge is 0.321 e. The van der Waals surface area contributed by atoms with Gasteiger partial charge in [-0.1, -0.05) is 54.4 Å². The second-order valence-electron chi connectivity index (χ2n) is 5.22. The van der Waals surface area contributed by atoms with Crippen molar-refractivity contribution in [3.05, 3.63) is 33.3 Å². The van der Waals surface area contributed by atoms with Crippen LogP contribution < -0.4 is 5.73 Å². The van der Waals surface area contributed by atoms with Crippen molar-refractivity contribution in [2.75, 3.05) is 0 Å². The van der Waals surface area contributed by atoms with E-state index in [2.05, 4.69) is 15.9 Å². The van der Waals surface area contributed by atoms with Crippen LogP contribution in [0.1, 0.15) is 26.3 Å². The lowest BCUT2D eigenvalue weighted by molar-refractivity contribution is -0.121. The van der Waals surface area contributed by atoms with E-state index in [0.717, 1.165) is 10.0 Å². The summed E-state index contributed by atoms with van der Waals surface area (Å²) in [6.07, 6.45) is 0.282. The molecular formula is C13H17BrClNO. The summed E-state index contributed by atoms with van der Waals surface area (Å²) < 4.78 is 0.902. The summed E-state index contributed by atoms with van der Waals surface area (Å²) in [4.78, 5) is 12.0. The predicted molar refractivity (Wildman–Crippen MR) is 75.3 cm³/mol. The Kier molecular flexibility index (Phi) is 4.76. The molecule has 1 aromatic rings.